The summed E-state index contributed by atoms with van der Waals surface area (Å²) < 4.78 is 0. The first-order valence-electron chi connectivity index (χ1n) is 5.71. The van der Waals surface area contributed by atoms with Crippen LogP contribution in [0.25, 0.3) is 0 Å². The molecule has 2 heteroatoms. The third-order valence-electron chi connectivity index (χ3n) is 2.60. The second-order valence-corrected chi connectivity index (χ2v) is 3.98. The molecule has 0 heterocycles. The van der Waals surface area contributed by atoms with Crippen LogP contribution in [0.2, 0.25) is 0 Å². The Balaban J connectivity index is 2.41. The second-order valence-electron chi connectivity index (χ2n) is 3.98. The fourth-order valence-electron chi connectivity index (χ4n) is 1.75. The van der Waals surface area contributed by atoms with Gasteiger partial charge in [-0.1, -0.05) is 43.2 Å². The number of rotatable bonds is 6. The van der Waals surface area contributed by atoms with Gasteiger partial charge in [-0.3, -0.25) is 4.90 Å². The molecule has 0 radical (unpaired) electrons. The molecule has 2 N–H and O–H groups in total. The molecule has 1 unspecified atom stereocenters. The Morgan fingerprint density at radius 3 is 2.62 bits per heavy atom. The molecule has 0 saturated heterocycles. The SMILES string of the molecule is C#CCN(CC)CC(N)Cc1ccccc1. The molecular weight excluding hydrogens is 196 g/mol. The van der Waals surface area contributed by atoms with E-state index in [1.807, 2.05) is 18.2 Å². The van der Waals surface area contributed by atoms with Crippen LogP contribution < -0.4 is 5.73 Å². The normalized spacial score (nSPS) is 12.4. The van der Waals surface area contributed by atoms with Crippen LogP contribution in [-0.4, -0.2) is 30.6 Å². The molecule has 0 aliphatic carbocycles. The minimum atomic E-state index is 0.149. The zero-order valence-corrected chi connectivity index (χ0v) is 9.89. The van der Waals surface area contributed by atoms with Crippen molar-refractivity contribution >= 4 is 0 Å². The van der Waals surface area contributed by atoms with E-state index in [1.54, 1.807) is 0 Å². The maximum Gasteiger partial charge on any atom is 0.0599 e. The third-order valence-corrected chi connectivity index (χ3v) is 2.60. The zero-order valence-electron chi connectivity index (χ0n) is 9.89. The molecule has 0 spiro atoms. The van der Waals surface area contributed by atoms with Crippen molar-refractivity contribution in [1.29, 1.82) is 0 Å². The lowest BCUT2D eigenvalue weighted by molar-refractivity contribution is 0.300. The van der Waals surface area contributed by atoms with Crippen LogP contribution in [0, 0.1) is 12.3 Å². The van der Waals surface area contributed by atoms with E-state index in [-0.39, 0.29) is 6.04 Å². The highest BCUT2D eigenvalue weighted by atomic mass is 15.1. The summed E-state index contributed by atoms with van der Waals surface area (Å²) in [6.45, 7) is 4.59. The summed E-state index contributed by atoms with van der Waals surface area (Å²) in [5.74, 6) is 2.66. The molecule has 0 fully saturated rings. The number of nitrogens with two attached hydrogens (primary N) is 1. The lowest BCUT2D eigenvalue weighted by atomic mass is 10.1. The highest BCUT2D eigenvalue weighted by Gasteiger charge is 2.08. The first-order valence-corrected chi connectivity index (χ1v) is 5.71. The molecule has 0 aliphatic heterocycles. The van der Waals surface area contributed by atoms with E-state index in [0.717, 1.165) is 19.5 Å². The summed E-state index contributed by atoms with van der Waals surface area (Å²) in [5, 5.41) is 0. The number of terminal acetylenes is 1. The summed E-state index contributed by atoms with van der Waals surface area (Å²) in [7, 11) is 0. The smallest absolute Gasteiger partial charge is 0.0599 e. The fourth-order valence-corrected chi connectivity index (χ4v) is 1.75. The van der Waals surface area contributed by atoms with Gasteiger partial charge in [0.05, 0.1) is 6.54 Å². The second kappa shape index (κ2) is 7.05. The predicted molar refractivity (Wildman–Crippen MR) is 69.1 cm³/mol. The number of hydrogen-bond acceptors (Lipinski definition) is 2. The van der Waals surface area contributed by atoms with Gasteiger partial charge in [-0.15, -0.1) is 6.42 Å². The summed E-state index contributed by atoms with van der Waals surface area (Å²) in [6, 6.07) is 10.5. The van der Waals surface area contributed by atoms with Crippen LogP contribution in [0.3, 0.4) is 0 Å². The molecule has 0 aliphatic rings. The largest absolute Gasteiger partial charge is 0.326 e. The van der Waals surface area contributed by atoms with Gasteiger partial charge in [0.1, 0.15) is 0 Å². The van der Waals surface area contributed by atoms with E-state index in [1.165, 1.54) is 5.56 Å². The fraction of sp³-hybridized carbons (Fsp3) is 0.429. The van der Waals surface area contributed by atoms with E-state index >= 15 is 0 Å². The molecule has 86 valence electrons. The van der Waals surface area contributed by atoms with Crippen molar-refractivity contribution in [2.45, 2.75) is 19.4 Å². The molecule has 1 aromatic rings. The monoisotopic (exact) mass is 216 g/mol. The topological polar surface area (TPSA) is 29.3 Å². The van der Waals surface area contributed by atoms with E-state index < -0.39 is 0 Å². The first kappa shape index (κ1) is 12.8. The van der Waals surface area contributed by atoms with Gasteiger partial charge in [0.15, 0.2) is 0 Å². The van der Waals surface area contributed by atoms with Crippen molar-refractivity contribution in [3.05, 3.63) is 35.9 Å². The van der Waals surface area contributed by atoms with Crippen LogP contribution in [0.4, 0.5) is 0 Å². The first-order chi connectivity index (χ1) is 7.76. The standard InChI is InChI=1S/C14H20N2/c1-3-10-16(4-2)12-14(15)11-13-8-6-5-7-9-13/h1,5-9,14H,4,10-12,15H2,2H3. The Morgan fingerprint density at radius 1 is 1.38 bits per heavy atom. The molecule has 16 heavy (non-hydrogen) atoms. The Labute approximate surface area is 98.4 Å². The minimum Gasteiger partial charge on any atom is -0.326 e. The summed E-state index contributed by atoms with van der Waals surface area (Å²) in [5.41, 5.74) is 7.39. The van der Waals surface area contributed by atoms with E-state index in [9.17, 15) is 0 Å². The molecule has 2 nitrogen and oxygen atoms in total. The van der Waals surface area contributed by atoms with Gasteiger partial charge in [-0.2, -0.15) is 0 Å². The van der Waals surface area contributed by atoms with Crippen molar-refractivity contribution in [3.8, 4) is 12.3 Å². The van der Waals surface area contributed by atoms with Gasteiger partial charge in [0.25, 0.3) is 0 Å². The Bertz CT molecular complexity index is 326. The zero-order chi connectivity index (χ0) is 11.8. The van der Waals surface area contributed by atoms with Crippen LogP contribution in [0.15, 0.2) is 30.3 Å². The van der Waals surface area contributed by atoms with Gasteiger partial charge < -0.3 is 5.73 Å². The molecular formula is C14H20N2. The van der Waals surface area contributed by atoms with Gasteiger partial charge in [0.2, 0.25) is 0 Å². The van der Waals surface area contributed by atoms with Crippen LogP contribution >= 0.6 is 0 Å². The molecule has 0 aromatic heterocycles. The van der Waals surface area contributed by atoms with Gasteiger partial charge >= 0.3 is 0 Å². The van der Waals surface area contributed by atoms with Crippen molar-refractivity contribution in [1.82, 2.24) is 4.90 Å². The Morgan fingerprint density at radius 2 is 2.06 bits per heavy atom. The van der Waals surface area contributed by atoms with Crippen LogP contribution in [-0.2, 0) is 6.42 Å². The van der Waals surface area contributed by atoms with Crippen LogP contribution in [0.1, 0.15) is 12.5 Å². The van der Waals surface area contributed by atoms with Crippen LogP contribution in [0.5, 0.6) is 0 Å². The average molecular weight is 216 g/mol. The van der Waals surface area contributed by atoms with E-state index in [2.05, 4.69) is 29.9 Å². The van der Waals surface area contributed by atoms with Crippen molar-refractivity contribution in [2.24, 2.45) is 5.73 Å². The maximum atomic E-state index is 6.10. The molecule has 0 bridgehead atoms. The number of benzene rings is 1. The lowest BCUT2D eigenvalue weighted by Gasteiger charge is -2.22. The van der Waals surface area contributed by atoms with Crippen molar-refractivity contribution in [2.75, 3.05) is 19.6 Å². The van der Waals surface area contributed by atoms with E-state index in [4.69, 9.17) is 12.2 Å². The highest BCUT2D eigenvalue weighted by Crippen LogP contribution is 2.03. The third kappa shape index (κ3) is 4.48. The highest BCUT2D eigenvalue weighted by molar-refractivity contribution is 5.15. The predicted octanol–water partition coefficient (Wildman–Crippen LogP) is 1.51. The average Bonchev–Trinajstić information content (AvgIpc) is 2.29. The molecule has 1 rings (SSSR count). The number of likely N-dealkylation sites (N-methyl/N-ethyl adjacent to an activating group) is 1. The lowest BCUT2D eigenvalue weighted by Crippen LogP contribution is -2.39. The summed E-state index contributed by atoms with van der Waals surface area (Å²) >= 11 is 0. The maximum absolute atomic E-state index is 6.10. The van der Waals surface area contributed by atoms with Gasteiger partial charge in [-0.25, -0.2) is 0 Å². The van der Waals surface area contributed by atoms with Crippen molar-refractivity contribution < 1.29 is 0 Å². The van der Waals surface area contributed by atoms with Gasteiger partial charge in [-0.05, 0) is 18.5 Å². The Kier molecular flexibility index (Phi) is 5.63. The number of hydrogen-bond donors (Lipinski definition) is 1. The van der Waals surface area contributed by atoms with Crippen molar-refractivity contribution in [3.63, 3.8) is 0 Å². The molecule has 1 atom stereocenters. The quantitative estimate of drug-likeness (QED) is 0.730. The Hall–Kier alpha value is -1.30. The minimum absolute atomic E-state index is 0.149. The molecule has 0 amide bonds. The molecule has 0 saturated carbocycles. The summed E-state index contributed by atoms with van der Waals surface area (Å²) in [4.78, 5) is 2.19. The van der Waals surface area contributed by atoms with Gasteiger partial charge in [0, 0.05) is 12.6 Å². The molecule has 1 aromatic carbocycles. The summed E-state index contributed by atoms with van der Waals surface area (Å²) in [6.07, 6.45) is 6.21. The number of nitrogens with zero attached hydrogens (tertiary/aromatic N) is 1. The van der Waals surface area contributed by atoms with E-state index in [0.29, 0.717) is 6.54 Å².